The second-order valence-electron chi connectivity index (χ2n) is 10.7. The average Bonchev–Trinajstić information content (AvgIpc) is 3.24. The molecular weight excluding hydrogens is 613 g/mol. The number of fused-ring (bicyclic) bond motifs is 1. The number of nitro benzene ring substituents is 1. The minimum absolute atomic E-state index is 0.0460. The fraction of sp³-hybridized carbons (Fsp3) is 0.258. The van der Waals surface area contributed by atoms with Gasteiger partial charge in [0.15, 0.2) is 5.78 Å². The smallest absolute Gasteiger partial charge is 0.345 e. The Labute approximate surface area is 261 Å². The highest BCUT2D eigenvalue weighted by atomic mass is 35.5. The SMILES string of the molecule is C[C@@H]1CC[C@@H]2C(=O)N(N(CC(=O)c3ccc(OC(=O)c4ccc(Cl)cc4Cl)cc3)C(=O)c3ccc([N+](=O)[O-])cc3)C(=O)[C@@H]2C1. The Kier molecular flexibility index (Phi) is 8.80. The molecule has 3 atom stereocenters. The van der Waals surface area contributed by atoms with Gasteiger partial charge in [0.1, 0.15) is 12.3 Å². The molecule has 2 fully saturated rings. The molecule has 1 aliphatic carbocycles. The van der Waals surface area contributed by atoms with Gasteiger partial charge in [-0.15, -0.1) is 0 Å². The number of rotatable bonds is 8. The molecule has 0 N–H and O–H groups in total. The summed E-state index contributed by atoms with van der Waals surface area (Å²) >= 11 is 11.9. The Morgan fingerprint density at radius 3 is 2.20 bits per heavy atom. The molecule has 3 amide bonds. The van der Waals surface area contributed by atoms with Crippen molar-refractivity contribution in [3.05, 3.63) is 104 Å². The predicted octanol–water partition coefficient (Wildman–Crippen LogP) is 5.78. The summed E-state index contributed by atoms with van der Waals surface area (Å²) in [5, 5.41) is 13.1. The molecule has 2 aliphatic rings. The maximum Gasteiger partial charge on any atom is 0.345 e. The number of ether oxygens (including phenoxy) is 1. The first-order valence-electron chi connectivity index (χ1n) is 13.7. The van der Waals surface area contributed by atoms with Crippen molar-refractivity contribution in [2.45, 2.75) is 26.2 Å². The van der Waals surface area contributed by atoms with Gasteiger partial charge in [-0.1, -0.05) is 30.1 Å². The lowest BCUT2D eigenvalue weighted by molar-refractivity contribution is -0.384. The van der Waals surface area contributed by atoms with E-state index < -0.39 is 52.8 Å². The number of amides is 3. The summed E-state index contributed by atoms with van der Waals surface area (Å²) in [4.78, 5) is 77.1. The summed E-state index contributed by atoms with van der Waals surface area (Å²) in [7, 11) is 0. The molecule has 13 heteroatoms. The zero-order valence-corrected chi connectivity index (χ0v) is 24.8. The van der Waals surface area contributed by atoms with Crippen molar-refractivity contribution < 1.29 is 33.6 Å². The fourth-order valence-electron chi connectivity index (χ4n) is 5.47. The van der Waals surface area contributed by atoms with Crippen LogP contribution in [0, 0.1) is 27.9 Å². The topological polar surface area (TPSA) is 144 Å². The van der Waals surface area contributed by atoms with Crippen molar-refractivity contribution >= 4 is 58.4 Å². The first-order chi connectivity index (χ1) is 20.9. The molecule has 1 aliphatic heterocycles. The van der Waals surface area contributed by atoms with Crippen LogP contribution in [0.5, 0.6) is 5.75 Å². The van der Waals surface area contributed by atoms with Crippen LogP contribution in [0.25, 0.3) is 0 Å². The maximum absolute atomic E-state index is 13.7. The molecule has 3 aromatic rings. The normalized spacial score (nSPS) is 19.3. The van der Waals surface area contributed by atoms with Gasteiger partial charge in [0.2, 0.25) is 0 Å². The number of nitrogens with zero attached hydrogens (tertiary/aromatic N) is 3. The fourth-order valence-corrected chi connectivity index (χ4v) is 5.96. The van der Waals surface area contributed by atoms with Crippen LogP contribution >= 0.6 is 23.2 Å². The van der Waals surface area contributed by atoms with Crippen LogP contribution in [0.15, 0.2) is 66.7 Å². The van der Waals surface area contributed by atoms with E-state index >= 15 is 0 Å². The second-order valence-corrected chi connectivity index (χ2v) is 11.6. The number of ketones is 1. The van der Waals surface area contributed by atoms with Crippen molar-refractivity contribution in [3.8, 4) is 5.75 Å². The Balaban J connectivity index is 1.38. The number of carbonyl (C=O) groups excluding carboxylic acids is 5. The maximum atomic E-state index is 13.7. The van der Waals surface area contributed by atoms with E-state index in [1.54, 1.807) is 0 Å². The molecule has 0 spiro atoms. The molecule has 3 aromatic carbocycles. The van der Waals surface area contributed by atoms with Crippen molar-refractivity contribution in [2.24, 2.45) is 17.8 Å². The molecule has 0 unspecified atom stereocenters. The van der Waals surface area contributed by atoms with E-state index in [9.17, 15) is 34.1 Å². The molecule has 11 nitrogen and oxygen atoms in total. The van der Waals surface area contributed by atoms with E-state index in [1.807, 2.05) is 6.92 Å². The van der Waals surface area contributed by atoms with Crippen LogP contribution in [0.4, 0.5) is 5.69 Å². The number of nitro groups is 1. The van der Waals surface area contributed by atoms with Crippen molar-refractivity contribution in [1.82, 2.24) is 10.0 Å². The molecule has 1 saturated carbocycles. The van der Waals surface area contributed by atoms with Crippen LogP contribution < -0.4 is 4.74 Å². The number of non-ortho nitro benzene ring substituents is 1. The van der Waals surface area contributed by atoms with Gasteiger partial charge in [0.05, 0.1) is 27.3 Å². The molecule has 1 saturated heterocycles. The molecule has 0 bridgehead atoms. The highest BCUT2D eigenvalue weighted by Gasteiger charge is 2.52. The van der Waals surface area contributed by atoms with Crippen LogP contribution in [0.3, 0.4) is 0 Å². The summed E-state index contributed by atoms with van der Waals surface area (Å²) in [6.45, 7) is 1.33. The number of hydrogen-bond donors (Lipinski definition) is 0. The van der Waals surface area contributed by atoms with Crippen molar-refractivity contribution in [1.29, 1.82) is 0 Å². The quantitative estimate of drug-likeness (QED) is 0.0754. The Bertz CT molecular complexity index is 1680. The van der Waals surface area contributed by atoms with E-state index in [2.05, 4.69) is 0 Å². The number of imide groups is 1. The number of benzene rings is 3. The van der Waals surface area contributed by atoms with E-state index in [4.69, 9.17) is 27.9 Å². The molecule has 0 aromatic heterocycles. The van der Waals surface area contributed by atoms with Gasteiger partial charge in [0.25, 0.3) is 23.4 Å². The number of Topliss-reactive ketones (excluding diaryl/α,β-unsaturated/α-hetero) is 1. The lowest BCUT2D eigenvalue weighted by atomic mass is 9.76. The predicted molar refractivity (Wildman–Crippen MR) is 158 cm³/mol. The third-order valence-corrected chi connectivity index (χ3v) is 8.34. The summed E-state index contributed by atoms with van der Waals surface area (Å²) in [5.74, 6) is -4.17. The average molecular weight is 638 g/mol. The molecule has 44 heavy (non-hydrogen) atoms. The van der Waals surface area contributed by atoms with Gasteiger partial charge in [-0.25, -0.2) is 9.80 Å². The first kappa shape index (κ1) is 30.8. The zero-order chi connectivity index (χ0) is 31.7. The summed E-state index contributed by atoms with van der Waals surface area (Å²) in [6, 6.07) is 14.5. The van der Waals surface area contributed by atoms with E-state index in [1.165, 1.54) is 54.6 Å². The number of carbonyl (C=O) groups is 5. The Morgan fingerprint density at radius 1 is 0.932 bits per heavy atom. The number of hydrogen-bond acceptors (Lipinski definition) is 8. The first-order valence-corrected chi connectivity index (χ1v) is 14.4. The van der Waals surface area contributed by atoms with E-state index in [0.29, 0.717) is 17.9 Å². The summed E-state index contributed by atoms with van der Waals surface area (Å²) < 4.78 is 5.34. The molecule has 0 radical (unpaired) electrons. The van der Waals surface area contributed by atoms with E-state index in [0.717, 1.165) is 28.6 Å². The molecule has 226 valence electrons. The molecule has 1 heterocycles. The van der Waals surface area contributed by atoms with Crippen LogP contribution in [-0.2, 0) is 9.59 Å². The standard InChI is InChI=1S/C31H25Cl2N3O8/c1-17-2-12-23-25(14-17)30(40)35(29(23)39)34(28(38)19-3-8-21(9-4-19)36(42)43)16-27(37)18-5-10-22(11-6-18)44-31(41)24-13-7-20(32)15-26(24)33/h3-11,13,15,17,23,25H,2,12,14,16H2,1H3/t17-,23+,25-/m1/s1. The van der Waals surface area contributed by atoms with Gasteiger partial charge >= 0.3 is 5.97 Å². The highest BCUT2D eigenvalue weighted by Crippen LogP contribution is 2.41. The summed E-state index contributed by atoms with van der Waals surface area (Å²) in [5.41, 5.74) is -0.0977. The zero-order valence-electron chi connectivity index (χ0n) is 23.3. The minimum atomic E-state index is -0.841. The third kappa shape index (κ3) is 6.20. The van der Waals surface area contributed by atoms with Crippen LogP contribution in [0.1, 0.15) is 57.3 Å². The monoisotopic (exact) mass is 637 g/mol. The van der Waals surface area contributed by atoms with Gasteiger partial charge in [0, 0.05) is 28.3 Å². The number of hydrazine groups is 1. The number of esters is 1. The van der Waals surface area contributed by atoms with E-state index in [-0.39, 0.29) is 39.1 Å². The van der Waals surface area contributed by atoms with Gasteiger partial charge in [-0.2, -0.15) is 5.01 Å². The molecular formula is C31H25Cl2N3O8. The summed E-state index contributed by atoms with van der Waals surface area (Å²) in [6.07, 6.45) is 1.73. The van der Waals surface area contributed by atoms with Gasteiger partial charge in [-0.3, -0.25) is 29.3 Å². The van der Waals surface area contributed by atoms with Crippen molar-refractivity contribution in [3.63, 3.8) is 0 Å². The van der Waals surface area contributed by atoms with Crippen LogP contribution in [0.2, 0.25) is 10.0 Å². The largest absolute Gasteiger partial charge is 0.423 e. The Morgan fingerprint density at radius 2 is 1.57 bits per heavy atom. The third-order valence-electron chi connectivity index (χ3n) is 7.80. The second kappa shape index (κ2) is 12.6. The highest BCUT2D eigenvalue weighted by molar-refractivity contribution is 6.36. The van der Waals surface area contributed by atoms with Crippen molar-refractivity contribution in [2.75, 3.05) is 6.54 Å². The Hall–Kier alpha value is -4.61. The molecule has 5 rings (SSSR count). The minimum Gasteiger partial charge on any atom is -0.423 e. The van der Waals surface area contributed by atoms with Crippen LogP contribution in [-0.4, -0.2) is 51.0 Å². The van der Waals surface area contributed by atoms with Gasteiger partial charge in [-0.05, 0) is 79.8 Å². The number of halogens is 2. The van der Waals surface area contributed by atoms with Gasteiger partial charge < -0.3 is 4.74 Å². The lowest BCUT2D eigenvalue weighted by Gasteiger charge is -2.30. The lowest BCUT2D eigenvalue weighted by Crippen LogP contribution is -2.52.